The predicted molar refractivity (Wildman–Crippen MR) is 62.6 cm³/mol. The molecule has 0 amide bonds. The summed E-state index contributed by atoms with van der Waals surface area (Å²) in [6, 6.07) is 0. The van der Waals surface area contributed by atoms with Gasteiger partial charge in [0, 0.05) is 5.92 Å². The van der Waals surface area contributed by atoms with Gasteiger partial charge in [-0.1, -0.05) is 33.6 Å². The molecule has 1 nitrogen and oxygen atoms in total. The summed E-state index contributed by atoms with van der Waals surface area (Å²) in [5.74, 6) is 2.69. The van der Waals surface area contributed by atoms with Crippen molar-refractivity contribution in [3.05, 3.63) is 0 Å². The highest BCUT2D eigenvalue weighted by Gasteiger charge is 2.51. The van der Waals surface area contributed by atoms with Gasteiger partial charge >= 0.3 is 0 Å². The first-order valence-electron chi connectivity index (χ1n) is 6.55. The lowest BCUT2D eigenvalue weighted by Crippen LogP contribution is -2.38. The third kappa shape index (κ3) is 1.64. The van der Waals surface area contributed by atoms with E-state index in [4.69, 9.17) is 0 Å². The molecule has 0 bridgehead atoms. The van der Waals surface area contributed by atoms with Gasteiger partial charge in [-0.25, -0.2) is 0 Å². The molecule has 0 spiro atoms. The average molecular weight is 208 g/mol. The van der Waals surface area contributed by atoms with E-state index in [0.717, 1.165) is 11.8 Å². The molecule has 2 saturated carbocycles. The van der Waals surface area contributed by atoms with Gasteiger partial charge in [0.1, 0.15) is 6.29 Å². The summed E-state index contributed by atoms with van der Waals surface area (Å²) in [5, 5.41) is 0. The number of hydrogen-bond donors (Lipinski definition) is 0. The van der Waals surface area contributed by atoms with Crippen molar-refractivity contribution in [2.75, 3.05) is 0 Å². The topological polar surface area (TPSA) is 17.1 Å². The Morgan fingerprint density at radius 3 is 2.73 bits per heavy atom. The summed E-state index contributed by atoms with van der Waals surface area (Å²) < 4.78 is 0. The number of carbonyl (C=O) groups is 1. The summed E-state index contributed by atoms with van der Waals surface area (Å²) in [4.78, 5) is 11.0. The molecular formula is C14H24O. The van der Waals surface area contributed by atoms with Crippen LogP contribution in [0.1, 0.15) is 52.9 Å². The van der Waals surface area contributed by atoms with Gasteiger partial charge in [-0.3, -0.25) is 0 Å². The fraction of sp³-hybridized carbons (Fsp3) is 0.929. The van der Waals surface area contributed by atoms with Crippen LogP contribution in [-0.2, 0) is 4.79 Å². The summed E-state index contributed by atoms with van der Waals surface area (Å²) in [7, 11) is 0. The van der Waals surface area contributed by atoms with Gasteiger partial charge in [0.05, 0.1) is 0 Å². The second-order valence-corrected chi connectivity index (χ2v) is 6.16. The van der Waals surface area contributed by atoms with E-state index in [9.17, 15) is 4.79 Å². The number of fused-ring (bicyclic) bond motifs is 1. The summed E-state index contributed by atoms with van der Waals surface area (Å²) in [5.41, 5.74) is 0.470. The van der Waals surface area contributed by atoms with Gasteiger partial charge in [-0.15, -0.1) is 0 Å². The number of hydrogen-bond acceptors (Lipinski definition) is 1. The van der Waals surface area contributed by atoms with E-state index in [1.807, 2.05) is 0 Å². The lowest BCUT2D eigenvalue weighted by Gasteiger charge is -2.45. The van der Waals surface area contributed by atoms with Gasteiger partial charge in [0.25, 0.3) is 0 Å². The molecule has 0 aromatic heterocycles. The minimum absolute atomic E-state index is 0.269. The zero-order chi connectivity index (χ0) is 11.1. The number of aldehydes is 1. The maximum absolute atomic E-state index is 11.0. The first-order valence-corrected chi connectivity index (χ1v) is 6.55. The zero-order valence-electron chi connectivity index (χ0n) is 10.3. The smallest absolute Gasteiger partial charge is 0.123 e. The lowest BCUT2D eigenvalue weighted by atomic mass is 9.60. The highest BCUT2D eigenvalue weighted by Crippen LogP contribution is 2.59. The van der Waals surface area contributed by atoms with Crippen molar-refractivity contribution in [1.29, 1.82) is 0 Å². The Kier molecular flexibility index (Phi) is 2.92. The molecule has 0 N–H and O–H groups in total. The fourth-order valence-corrected chi connectivity index (χ4v) is 4.56. The Labute approximate surface area is 93.6 Å². The molecule has 5 atom stereocenters. The molecule has 15 heavy (non-hydrogen) atoms. The molecule has 0 aromatic rings. The van der Waals surface area contributed by atoms with E-state index in [1.54, 1.807) is 0 Å². The molecule has 0 radical (unpaired) electrons. The van der Waals surface area contributed by atoms with E-state index in [2.05, 4.69) is 20.8 Å². The minimum atomic E-state index is 0.269. The molecule has 2 aliphatic rings. The van der Waals surface area contributed by atoms with Crippen LogP contribution in [0.5, 0.6) is 0 Å². The molecule has 0 saturated heterocycles. The molecule has 2 fully saturated rings. The second kappa shape index (κ2) is 3.92. The maximum Gasteiger partial charge on any atom is 0.123 e. The highest BCUT2D eigenvalue weighted by molar-refractivity contribution is 5.53. The summed E-state index contributed by atoms with van der Waals surface area (Å²) in [6.45, 7) is 6.98. The second-order valence-electron chi connectivity index (χ2n) is 6.16. The van der Waals surface area contributed by atoms with E-state index >= 15 is 0 Å². The van der Waals surface area contributed by atoms with Gasteiger partial charge in [0.2, 0.25) is 0 Å². The van der Waals surface area contributed by atoms with Crippen molar-refractivity contribution in [2.45, 2.75) is 52.9 Å². The molecule has 86 valence electrons. The Bertz CT molecular complexity index is 248. The third-order valence-electron chi connectivity index (χ3n) is 5.39. The third-order valence-corrected chi connectivity index (χ3v) is 5.39. The monoisotopic (exact) mass is 208 g/mol. The summed E-state index contributed by atoms with van der Waals surface area (Å²) in [6.07, 6.45) is 7.95. The standard InChI is InChI=1S/C14H24O/c1-10-5-4-8-14(3)12(10)6-7-13(14)11(2)9-15/h9-13H,4-8H2,1-3H3/t10-,11+,12-,13?,14-/m0/s1. The van der Waals surface area contributed by atoms with Crippen LogP contribution in [-0.4, -0.2) is 6.29 Å². The number of carbonyl (C=O) groups excluding carboxylic acids is 1. The van der Waals surface area contributed by atoms with Crippen molar-refractivity contribution >= 4 is 6.29 Å². The SMILES string of the molecule is C[C@H](C=O)C1CC[C@H]2[C@@H](C)CCC[C@]12C. The van der Waals surface area contributed by atoms with Crippen LogP contribution in [0.3, 0.4) is 0 Å². The van der Waals surface area contributed by atoms with Gasteiger partial charge in [-0.05, 0) is 42.4 Å². The van der Waals surface area contributed by atoms with Crippen molar-refractivity contribution in [2.24, 2.45) is 29.1 Å². The quantitative estimate of drug-likeness (QED) is 0.633. The first kappa shape index (κ1) is 11.2. The van der Waals surface area contributed by atoms with Crippen LogP contribution in [0.15, 0.2) is 0 Å². The Morgan fingerprint density at radius 2 is 2.07 bits per heavy atom. The van der Waals surface area contributed by atoms with Gasteiger partial charge < -0.3 is 4.79 Å². The maximum atomic E-state index is 11.0. The Hall–Kier alpha value is -0.330. The van der Waals surface area contributed by atoms with E-state index < -0.39 is 0 Å². The fourth-order valence-electron chi connectivity index (χ4n) is 4.56. The van der Waals surface area contributed by atoms with Crippen LogP contribution in [0.4, 0.5) is 0 Å². The van der Waals surface area contributed by atoms with Crippen molar-refractivity contribution in [3.8, 4) is 0 Å². The Morgan fingerprint density at radius 1 is 1.33 bits per heavy atom. The highest BCUT2D eigenvalue weighted by atomic mass is 16.1. The average Bonchev–Trinajstić information content (AvgIpc) is 2.56. The van der Waals surface area contributed by atoms with Crippen LogP contribution in [0, 0.1) is 29.1 Å². The molecule has 0 heterocycles. The molecule has 0 aromatic carbocycles. The molecule has 0 aliphatic heterocycles. The molecule has 1 unspecified atom stereocenters. The van der Waals surface area contributed by atoms with Crippen molar-refractivity contribution < 1.29 is 4.79 Å². The van der Waals surface area contributed by atoms with Gasteiger partial charge in [-0.2, -0.15) is 0 Å². The zero-order valence-corrected chi connectivity index (χ0v) is 10.3. The van der Waals surface area contributed by atoms with Gasteiger partial charge in [0.15, 0.2) is 0 Å². The molecular weight excluding hydrogens is 184 g/mol. The first-order chi connectivity index (χ1) is 7.09. The van der Waals surface area contributed by atoms with E-state index in [1.165, 1.54) is 38.4 Å². The molecule has 1 heteroatoms. The predicted octanol–water partition coefficient (Wildman–Crippen LogP) is 3.67. The number of rotatable bonds is 2. The lowest BCUT2D eigenvalue weighted by molar-refractivity contribution is -0.114. The van der Waals surface area contributed by atoms with Crippen LogP contribution >= 0.6 is 0 Å². The van der Waals surface area contributed by atoms with Crippen molar-refractivity contribution in [1.82, 2.24) is 0 Å². The van der Waals surface area contributed by atoms with E-state index in [0.29, 0.717) is 11.3 Å². The van der Waals surface area contributed by atoms with Crippen LogP contribution in [0.25, 0.3) is 0 Å². The van der Waals surface area contributed by atoms with E-state index in [-0.39, 0.29) is 5.92 Å². The minimum Gasteiger partial charge on any atom is -0.303 e. The van der Waals surface area contributed by atoms with Crippen LogP contribution in [0.2, 0.25) is 0 Å². The largest absolute Gasteiger partial charge is 0.303 e. The molecule has 2 aliphatic carbocycles. The normalized spacial score (nSPS) is 47.3. The summed E-state index contributed by atoms with van der Waals surface area (Å²) >= 11 is 0. The van der Waals surface area contributed by atoms with Crippen molar-refractivity contribution in [3.63, 3.8) is 0 Å². The Balaban J connectivity index is 2.20. The molecule has 2 rings (SSSR count). The van der Waals surface area contributed by atoms with Crippen LogP contribution < -0.4 is 0 Å².